The first-order chi connectivity index (χ1) is 6.20. The van der Waals surface area contributed by atoms with Crippen molar-refractivity contribution < 1.29 is 0 Å². The van der Waals surface area contributed by atoms with Crippen LogP contribution in [0.15, 0.2) is 0 Å². The van der Waals surface area contributed by atoms with Gasteiger partial charge in [0.05, 0.1) is 5.69 Å². The molecule has 0 spiro atoms. The Labute approximate surface area is 83.1 Å². The summed E-state index contributed by atoms with van der Waals surface area (Å²) >= 11 is 4.88. The van der Waals surface area contributed by atoms with Crippen molar-refractivity contribution in [1.29, 1.82) is 0 Å². The Hall–Kier alpha value is -0.970. The Morgan fingerprint density at radius 3 is 2.69 bits per heavy atom. The first-order valence-electron chi connectivity index (χ1n) is 4.42. The van der Waals surface area contributed by atoms with Crippen LogP contribution in [0.1, 0.15) is 31.7 Å². The maximum Gasteiger partial charge on any atom is 0.143 e. The van der Waals surface area contributed by atoms with E-state index in [0.717, 1.165) is 25.1 Å². The number of rotatable bonds is 4. The second kappa shape index (κ2) is 4.32. The minimum absolute atomic E-state index is 0.333. The average Bonchev–Trinajstić information content (AvgIpc) is 2.48. The average molecular weight is 198 g/mol. The molecule has 1 aromatic rings. The molecule has 1 rings (SSSR count). The smallest absolute Gasteiger partial charge is 0.143 e. The summed E-state index contributed by atoms with van der Waals surface area (Å²) in [7, 11) is 0. The van der Waals surface area contributed by atoms with Crippen LogP contribution in [-0.2, 0) is 13.0 Å². The van der Waals surface area contributed by atoms with Crippen molar-refractivity contribution in [2.75, 3.05) is 0 Å². The van der Waals surface area contributed by atoms with Gasteiger partial charge in [0.15, 0.2) is 0 Å². The molecular formula is C8H14N4S. The highest BCUT2D eigenvalue weighted by Crippen LogP contribution is 2.06. The Bertz CT molecular complexity index is 305. The fraction of sp³-hybridized carbons (Fsp3) is 0.625. The van der Waals surface area contributed by atoms with Crippen LogP contribution in [0.5, 0.6) is 0 Å². The van der Waals surface area contributed by atoms with Crippen molar-refractivity contribution in [3.63, 3.8) is 0 Å². The van der Waals surface area contributed by atoms with Gasteiger partial charge in [-0.1, -0.05) is 31.3 Å². The van der Waals surface area contributed by atoms with Crippen LogP contribution in [-0.4, -0.2) is 20.0 Å². The third-order valence-electron chi connectivity index (χ3n) is 1.84. The normalized spacial score (nSPS) is 10.3. The zero-order valence-electron chi connectivity index (χ0n) is 7.95. The van der Waals surface area contributed by atoms with Crippen LogP contribution in [0.3, 0.4) is 0 Å². The summed E-state index contributed by atoms with van der Waals surface area (Å²) in [4.78, 5) is 0.333. The monoisotopic (exact) mass is 198 g/mol. The molecule has 0 aliphatic carbocycles. The number of nitrogens with zero attached hydrogens (tertiary/aromatic N) is 3. The largest absolute Gasteiger partial charge is 0.388 e. The topological polar surface area (TPSA) is 56.7 Å². The van der Waals surface area contributed by atoms with E-state index in [1.807, 2.05) is 11.6 Å². The van der Waals surface area contributed by atoms with E-state index < -0.39 is 0 Å². The van der Waals surface area contributed by atoms with Crippen LogP contribution < -0.4 is 5.73 Å². The SMILES string of the molecule is CCCn1nnc(C(N)=S)c1CC. The predicted molar refractivity (Wildman–Crippen MR) is 55.6 cm³/mol. The van der Waals surface area contributed by atoms with Crippen LogP contribution in [0, 0.1) is 0 Å². The lowest BCUT2D eigenvalue weighted by Crippen LogP contribution is -2.13. The molecule has 4 nitrogen and oxygen atoms in total. The van der Waals surface area contributed by atoms with E-state index in [0.29, 0.717) is 10.7 Å². The van der Waals surface area contributed by atoms with E-state index in [9.17, 15) is 0 Å². The number of hydrogen-bond donors (Lipinski definition) is 1. The highest BCUT2D eigenvalue weighted by atomic mass is 32.1. The molecule has 1 aromatic heterocycles. The molecule has 0 atom stereocenters. The Balaban J connectivity index is 3.03. The van der Waals surface area contributed by atoms with Crippen LogP contribution in [0.4, 0.5) is 0 Å². The Morgan fingerprint density at radius 2 is 2.23 bits per heavy atom. The van der Waals surface area contributed by atoms with Gasteiger partial charge in [0, 0.05) is 6.54 Å². The quantitative estimate of drug-likeness (QED) is 0.730. The van der Waals surface area contributed by atoms with Gasteiger partial charge in [0.1, 0.15) is 10.7 Å². The molecule has 13 heavy (non-hydrogen) atoms. The van der Waals surface area contributed by atoms with Crippen LogP contribution >= 0.6 is 12.2 Å². The highest BCUT2D eigenvalue weighted by Gasteiger charge is 2.11. The van der Waals surface area contributed by atoms with Gasteiger partial charge in [0.25, 0.3) is 0 Å². The summed E-state index contributed by atoms with van der Waals surface area (Å²) in [5.41, 5.74) is 7.22. The lowest BCUT2D eigenvalue weighted by molar-refractivity contribution is 0.558. The second-order valence-corrected chi connectivity index (χ2v) is 3.27. The van der Waals surface area contributed by atoms with Crippen molar-refractivity contribution in [2.45, 2.75) is 33.2 Å². The first-order valence-corrected chi connectivity index (χ1v) is 4.83. The van der Waals surface area contributed by atoms with Gasteiger partial charge in [-0.2, -0.15) is 0 Å². The van der Waals surface area contributed by atoms with Crippen molar-refractivity contribution in [3.8, 4) is 0 Å². The minimum Gasteiger partial charge on any atom is -0.388 e. The molecule has 0 unspecified atom stereocenters. The van der Waals surface area contributed by atoms with Crippen molar-refractivity contribution in [2.24, 2.45) is 5.73 Å². The van der Waals surface area contributed by atoms with Gasteiger partial charge in [0.2, 0.25) is 0 Å². The van der Waals surface area contributed by atoms with Crippen LogP contribution in [0.25, 0.3) is 0 Å². The van der Waals surface area contributed by atoms with Crippen molar-refractivity contribution in [3.05, 3.63) is 11.4 Å². The van der Waals surface area contributed by atoms with Gasteiger partial charge >= 0.3 is 0 Å². The fourth-order valence-corrected chi connectivity index (χ4v) is 1.42. The third kappa shape index (κ3) is 2.03. The molecular weight excluding hydrogens is 184 g/mol. The zero-order chi connectivity index (χ0) is 9.84. The summed E-state index contributed by atoms with van der Waals surface area (Å²) in [6.45, 7) is 5.02. The molecule has 0 radical (unpaired) electrons. The number of aryl methyl sites for hydroxylation is 1. The molecule has 0 fully saturated rings. The molecule has 0 aliphatic rings. The predicted octanol–water partition coefficient (Wildman–Crippen LogP) is 0.885. The number of hydrogen-bond acceptors (Lipinski definition) is 3. The van der Waals surface area contributed by atoms with Crippen molar-refractivity contribution in [1.82, 2.24) is 15.0 Å². The molecule has 0 saturated heterocycles. The first kappa shape index (κ1) is 10.1. The zero-order valence-corrected chi connectivity index (χ0v) is 8.77. The van der Waals surface area contributed by atoms with E-state index in [4.69, 9.17) is 18.0 Å². The second-order valence-electron chi connectivity index (χ2n) is 2.83. The molecule has 1 heterocycles. The van der Waals surface area contributed by atoms with Gasteiger partial charge in [-0.3, -0.25) is 0 Å². The van der Waals surface area contributed by atoms with Crippen LogP contribution in [0.2, 0.25) is 0 Å². The third-order valence-corrected chi connectivity index (χ3v) is 2.03. The van der Waals surface area contributed by atoms with E-state index in [2.05, 4.69) is 17.2 Å². The van der Waals surface area contributed by atoms with Gasteiger partial charge in [-0.05, 0) is 12.8 Å². The molecule has 0 bridgehead atoms. The molecule has 0 amide bonds. The Kier molecular flexibility index (Phi) is 3.36. The molecule has 0 aliphatic heterocycles. The lowest BCUT2D eigenvalue weighted by Gasteiger charge is -2.02. The summed E-state index contributed by atoms with van der Waals surface area (Å²) in [5.74, 6) is 0. The number of aromatic nitrogens is 3. The summed E-state index contributed by atoms with van der Waals surface area (Å²) in [5, 5.41) is 7.95. The van der Waals surface area contributed by atoms with Gasteiger partial charge < -0.3 is 5.73 Å². The lowest BCUT2D eigenvalue weighted by atomic mass is 10.2. The van der Waals surface area contributed by atoms with Gasteiger partial charge in [-0.25, -0.2) is 4.68 Å². The Morgan fingerprint density at radius 1 is 1.54 bits per heavy atom. The van der Waals surface area contributed by atoms with Crippen molar-refractivity contribution >= 4 is 17.2 Å². The van der Waals surface area contributed by atoms with E-state index in [1.54, 1.807) is 0 Å². The van der Waals surface area contributed by atoms with E-state index in [1.165, 1.54) is 0 Å². The molecule has 0 aromatic carbocycles. The fourth-order valence-electron chi connectivity index (χ4n) is 1.27. The molecule has 72 valence electrons. The molecule has 0 saturated carbocycles. The number of nitrogens with two attached hydrogens (primary N) is 1. The molecule has 5 heteroatoms. The minimum atomic E-state index is 0.333. The maximum atomic E-state index is 5.52. The summed E-state index contributed by atoms with van der Waals surface area (Å²) in [6.07, 6.45) is 1.90. The summed E-state index contributed by atoms with van der Waals surface area (Å²) < 4.78 is 1.87. The van der Waals surface area contributed by atoms with E-state index in [-0.39, 0.29) is 0 Å². The molecule has 2 N–H and O–H groups in total. The maximum absolute atomic E-state index is 5.52. The summed E-state index contributed by atoms with van der Waals surface area (Å²) in [6, 6.07) is 0. The highest BCUT2D eigenvalue weighted by molar-refractivity contribution is 7.80. The number of thiocarbonyl (C=S) groups is 1. The van der Waals surface area contributed by atoms with E-state index >= 15 is 0 Å². The van der Waals surface area contributed by atoms with Gasteiger partial charge in [-0.15, -0.1) is 5.10 Å². The standard InChI is InChI=1S/C8H14N4S/c1-3-5-12-6(4-2)7(8(9)13)10-11-12/h3-5H2,1-2H3,(H2,9,13).